The lowest BCUT2D eigenvalue weighted by molar-refractivity contribution is 1.21. The van der Waals surface area contributed by atoms with E-state index in [1.807, 2.05) is 12.1 Å². The van der Waals surface area contributed by atoms with Gasteiger partial charge in [0, 0.05) is 23.7 Å². The van der Waals surface area contributed by atoms with Crippen molar-refractivity contribution < 1.29 is 0 Å². The summed E-state index contributed by atoms with van der Waals surface area (Å²) >= 11 is 1.49. The zero-order valence-electron chi connectivity index (χ0n) is 7.25. The van der Waals surface area contributed by atoms with Crippen LogP contribution in [0.1, 0.15) is 5.56 Å². The van der Waals surface area contributed by atoms with E-state index >= 15 is 0 Å². The van der Waals surface area contributed by atoms with Crippen LogP contribution in [-0.4, -0.2) is 21.6 Å². The molecule has 1 aromatic heterocycles. The van der Waals surface area contributed by atoms with Crippen LogP contribution < -0.4 is 5.73 Å². The lowest BCUT2D eigenvalue weighted by Gasteiger charge is -2.07. The van der Waals surface area contributed by atoms with Crippen molar-refractivity contribution in [3.8, 4) is 0 Å². The van der Waals surface area contributed by atoms with Crippen molar-refractivity contribution in [2.45, 2.75) is 0 Å². The molecule has 0 fully saturated rings. The third-order valence-corrected chi connectivity index (χ3v) is 2.42. The van der Waals surface area contributed by atoms with Crippen molar-refractivity contribution >= 4 is 39.6 Å². The summed E-state index contributed by atoms with van der Waals surface area (Å²) in [4.78, 5) is 4.01. The average Bonchev–Trinajstić information content (AvgIpc) is 2.20. The molecule has 0 amide bonds. The fraction of sp³-hybridized carbons (Fsp3) is 0.125. The maximum Gasteiger partial charge on any atom is 0.180 e. The standard InChI is InChI=1S/C8H8N4S.BrH/c9-8-12-11-7(5-13-8)6-2-1-3-10-4-6;/h1-4H,5H2,(H2,9,12);1H. The Balaban J connectivity index is 0.000000980. The van der Waals surface area contributed by atoms with E-state index < -0.39 is 0 Å². The molecule has 1 aliphatic heterocycles. The third kappa shape index (κ3) is 2.55. The number of halogens is 1. The number of pyridine rings is 1. The molecule has 0 aromatic carbocycles. The highest BCUT2D eigenvalue weighted by molar-refractivity contribution is 8.93. The topological polar surface area (TPSA) is 63.6 Å². The molecule has 0 spiro atoms. The van der Waals surface area contributed by atoms with Crippen molar-refractivity contribution in [2.75, 3.05) is 5.75 Å². The minimum Gasteiger partial charge on any atom is -0.377 e. The van der Waals surface area contributed by atoms with Crippen molar-refractivity contribution in [3.63, 3.8) is 0 Å². The maximum atomic E-state index is 5.47. The molecule has 0 atom stereocenters. The molecule has 0 saturated carbocycles. The van der Waals surface area contributed by atoms with E-state index in [4.69, 9.17) is 5.73 Å². The first-order chi connectivity index (χ1) is 6.36. The highest BCUT2D eigenvalue weighted by atomic mass is 79.9. The molecule has 0 aliphatic carbocycles. The zero-order valence-corrected chi connectivity index (χ0v) is 9.78. The van der Waals surface area contributed by atoms with E-state index in [1.165, 1.54) is 11.8 Å². The van der Waals surface area contributed by atoms with Crippen LogP contribution in [0.2, 0.25) is 0 Å². The number of nitrogens with two attached hydrogens (primary N) is 1. The van der Waals surface area contributed by atoms with Crippen LogP contribution >= 0.6 is 28.7 Å². The zero-order chi connectivity index (χ0) is 9.10. The Labute approximate surface area is 96.5 Å². The van der Waals surface area contributed by atoms with Crippen LogP contribution in [0.15, 0.2) is 34.7 Å². The number of amidine groups is 1. The second kappa shape index (κ2) is 5.11. The van der Waals surface area contributed by atoms with Gasteiger partial charge in [-0.15, -0.1) is 22.1 Å². The van der Waals surface area contributed by atoms with Gasteiger partial charge in [0.2, 0.25) is 0 Å². The van der Waals surface area contributed by atoms with E-state index in [0.717, 1.165) is 17.0 Å². The molecular weight excluding hydrogens is 264 g/mol. The Kier molecular flexibility index (Phi) is 4.09. The lowest BCUT2D eigenvalue weighted by atomic mass is 10.2. The second-order valence-corrected chi connectivity index (χ2v) is 3.51. The third-order valence-electron chi connectivity index (χ3n) is 1.62. The predicted octanol–water partition coefficient (Wildman–Crippen LogP) is 1.43. The van der Waals surface area contributed by atoms with E-state index in [-0.39, 0.29) is 17.0 Å². The molecule has 1 aromatic rings. The largest absolute Gasteiger partial charge is 0.377 e. The van der Waals surface area contributed by atoms with Crippen molar-refractivity contribution in [3.05, 3.63) is 30.1 Å². The molecule has 2 rings (SSSR count). The van der Waals surface area contributed by atoms with Gasteiger partial charge in [-0.3, -0.25) is 4.98 Å². The van der Waals surface area contributed by atoms with Gasteiger partial charge in [0.1, 0.15) is 0 Å². The molecule has 0 saturated heterocycles. The van der Waals surface area contributed by atoms with Gasteiger partial charge in [0.25, 0.3) is 0 Å². The van der Waals surface area contributed by atoms with Gasteiger partial charge in [-0.25, -0.2) is 0 Å². The summed E-state index contributed by atoms with van der Waals surface area (Å²) in [5, 5.41) is 8.33. The first kappa shape index (κ1) is 11.2. The van der Waals surface area contributed by atoms with Gasteiger partial charge in [0.05, 0.1) is 5.71 Å². The molecule has 14 heavy (non-hydrogen) atoms. The summed E-state index contributed by atoms with van der Waals surface area (Å²) < 4.78 is 0. The molecule has 4 nitrogen and oxygen atoms in total. The molecule has 0 unspecified atom stereocenters. The Morgan fingerprint density at radius 1 is 1.36 bits per heavy atom. The van der Waals surface area contributed by atoms with Crippen LogP contribution in [0.25, 0.3) is 0 Å². The molecular formula is C8H9BrN4S. The Hall–Kier alpha value is -0.880. The molecule has 0 bridgehead atoms. The first-order valence-corrected chi connectivity index (χ1v) is 4.78. The maximum absolute atomic E-state index is 5.47. The van der Waals surface area contributed by atoms with E-state index in [0.29, 0.717) is 5.17 Å². The summed E-state index contributed by atoms with van der Waals surface area (Å²) in [5.74, 6) is 0.765. The van der Waals surface area contributed by atoms with E-state index in [9.17, 15) is 0 Å². The van der Waals surface area contributed by atoms with E-state index in [1.54, 1.807) is 12.4 Å². The predicted molar refractivity (Wildman–Crippen MR) is 65.2 cm³/mol. The lowest BCUT2D eigenvalue weighted by Crippen LogP contribution is -2.16. The van der Waals surface area contributed by atoms with Crippen LogP contribution in [0.5, 0.6) is 0 Å². The number of thioether (sulfide) groups is 1. The summed E-state index contributed by atoms with van der Waals surface area (Å²) in [5.41, 5.74) is 7.39. The van der Waals surface area contributed by atoms with Crippen LogP contribution in [-0.2, 0) is 0 Å². The van der Waals surface area contributed by atoms with E-state index in [2.05, 4.69) is 15.2 Å². The highest BCUT2D eigenvalue weighted by Crippen LogP contribution is 2.12. The van der Waals surface area contributed by atoms with Gasteiger partial charge < -0.3 is 5.73 Å². The van der Waals surface area contributed by atoms with Crippen LogP contribution in [0.3, 0.4) is 0 Å². The van der Waals surface area contributed by atoms with Gasteiger partial charge in [0.15, 0.2) is 5.17 Å². The van der Waals surface area contributed by atoms with Crippen molar-refractivity contribution in [1.82, 2.24) is 4.98 Å². The molecule has 2 N–H and O–H groups in total. The van der Waals surface area contributed by atoms with Gasteiger partial charge in [-0.1, -0.05) is 11.8 Å². The summed E-state index contributed by atoms with van der Waals surface area (Å²) in [6.07, 6.45) is 3.51. The van der Waals surface area contributed by atoms with Crippen LogP contribution in [0, 0.1) is 0 Å². The fourth-order valence-electron chi connectivity index (χ4n) is 0.984. The molecule has 6 heteroatoms. The quantitative estimate of drug-likeness (QED) is 0.841. The van der Waals surface area contributed by atoms with Crippen LogP contribution in [0.4, 0.5) is 0 Å². The number of aromatic nitrogens is 1. The minimum absolute atomic E-state index is 0. The second-order valence-electron chi connectivity index (χ2n) is 2.52. The average molecular weight is 273 g/mol. The van der Waals surface area contributed by atoms with Crippen molar-refractivity contribution in [2.24, 2.45) is 15.9 Å². The highest BCUT2D eigenvalue weighted by Gasteiger charge is 2.09. The fourth-order valence-corrected chi connectivity index (χ4v) is 1.59. The molecule has 74 valence electrons. The SMILES string of the molecule is Br.NC1=NN=C(c2cccnc2)CS1. The number of rotatable bonds is 1. The Morgan fingerprint density at radius 2 is 2.21 bits per heavy atom. The summed E-state index contributed by atoms with van der Waals surface area (Å²) in [7, 11) is 0. The van der Waals surface area contributed by atoms with Gasteiger partial charge in [-0.05, 0) is 12.1 Å². The van der Waals surface area contributed by atoms with Gasteiger partial charge >= 0.3 is 0 Å². The summed E-state index contributed by atoms with van der Waals surface area (Å²) in [6.45, 7) is 0. The summed E-state index contributed by atoms with van der Waals surface area (Å²) in [6, 6.07) is 3.84. The Bertz CT molecular complexity index is 363. The molecule has 1 aliphatic rings. The molecule has 0 radical (unpaired) electrons. The van der Waals surface area contributed by atoms with Crippen molar-refractivity contribution in [1.29, 1.82) is 0 Å². The normalized spacial score (nSPS) is 15.1. The first-order valence-electron chi connectivity index (χ1n) is 3.79. The Morgan fingerprint density at radius 3 is 2.79 bits per heavy atom. The number of nitrogens with zero attached hydrogens (tertiary/aromatic N) is 3. The minimum atomic E-state index is 0. The smallest absolute Gasteiger partial charge is 0.180 e. The molecule has 2 heterocycles. The number of hydrogen-bond acceptors (Lipinski definition) is 5. The van der Waals surface area contributed by atoms with Gasteiger partial charge in [-0.2, -0.15) is 5.10 Å². The monoisotopic (exact) mass is 272 g/mol. The number of hydrogen-bond donors (Lipinski definition) is 1.